The SMILES string of the molecule is CCCCc1ccc(-c2cc[c]([Sn]([CH2]CCC)([CH2]CCC)[CH2]CCC)s2)s1. The van der Waals surface area contributed by atoms with Crippen LogP contribution in [0.25, 0.3) is 9.75 Å². The van der Waals surface area contributed by atoms with Crippen molar-refractivity contribution in [2.45, 2.75) is 98.8 Å². The summed E-state index contributed by atoms with van der Waals surface area (Å²) in [6.45, 7) is 9.41. The number of unbranched alkanes of at least 4 members (excludes halogenated alkanes) is 4. The standard InChI is InChI=1S/C12H13S2.3C4H9.Sn/c1-2-3-5-10-7-8-12(14-10)11-6-4-9-13-11;3*1-3-4-2;/h4,6-8H,2-3,5H2,1H3;3*1,3-4H2,2H3;. The van der Waals surface area contributed by atoms with Gasteiger partial charge in [0.25, 0.3) is 0 Å². The van der Waals surface area contributed by atoms with Crippen molar-refractivity contribution in [3.05, 3.63) is 29.1 Å². The van der Waals surface area contributed by atoms with Crippen LogP contribution >= 0.6 is 22.7 Å². The first-order valence-electron chi connectivity index (χ1n) is 11.4. The van der Waals surface area contributed by atoms with Gasteiger partial charge in [-0.05, 0) is 0 Å². The molecule has 0 nitrogen and oxygen atoms in total. The van der Waals surface area contributed by atoms with E-state index >= 15 is 0 Å². The monoisotopic (exact) mass is 512 g/mol. The average Bonchev–Trinajstić information content (AvgIpc) is 3.36. The van der Waals surface area contributed by atoms with Gasteiger partial charge >= 0.3 is 182 Å². The molecular weight excluding hydrogens is 471 g/mol. The first-order chi connectivity index (χ1) is 13.2. The van der Waals surface area contributed by atoms with E-state index in [-0.39, 0.29) is 0 Å². The molecule has 0 spiro atoms. The van der Waals surface area contributed by atoms with Crippen LogP contribution in [-0.4, -0.2) is 18.4 Å². The van der Waals surface area contributed by atoms with Gasteiger partial charge < -0.3 is 0 Å². The van der Waals surface area contributed by atoms with Crippen molar-refractivity contribution in [3.63, 3.8) is 0 Å². The third-order valence-corrected chi connectivity index (χ3v) is 26.5. The van der Waals surface area contributed by atoms with Gasteiger partial charge in [0.2, 0.25) is 0 Å². The molecule has 0 saturated heterocycles. The van der Waals surface area contributed by atoms with E-state index in [1.54, 1.807) is 23.1 Å². The van der Waals surface area contributed by atoms with Crippen molar-refractivity contribution in [1.29, 1.82) is 0 Å². The van der Waals surface area contributed by atoms with Gasteiger partial charge in [0.1, 0.15) is 0 Å². The van der Waals surface area contributed by atoms with Gasteiger partial charge in [0, 0.05) is 0 Å². The first kappa shape index (κ1) is 23.5. The summed E-state index contributed by atoms with van der Waals surface area (Å²) in [4.78, 5) is 4.63. The molecule has 0 aliphatic carbocycles. The van der Waals surface area contributed by atoms with Crippen molar-refractivity contribution in [2.75, 3.05) is 0 Å². The van der Waals surface area contributed by atoms with Crippen molar-refractivity contribution < 1.29 is 0 Å². The second-order valence-corrected chi connectivity index (χ2v) is 24.5. The zero-order valence-electron chi connectivity index (χ0n) is 18.1. The normalized spacial score (nSPS) is 12.0. The molecule has 0 unspecified atom stereocenters. The molecule has 0 fully saturated rings. The minimum absolute atomic E-state index is 1.26. The topological polar surface area (TPSA) is 0 Å². The summed E-state index contributed by atoms with van der Waals surface area (Å²) in [6.07, 6.45) is 12.3. The number of rotatable bonds is 14. The molecule has 0 aromatic carbocycles. The van der Waals surface area contributed by atoms with Crippen LogP contribution in [0.3, 0.4) is 0 Å². The van der Waals surface area contributed by atoms with E-state index in [2.05, 4.69) is 63.3 Å². The van der Waals surface area contributed by atoms with Crippen LogP contribution in [0.1, 0.15) is 83.9 Å². The molecular formula is C24H40S2Sn. The fourth-order valence-electron chi connectivity index (χ4n) is 4.04. The molecule has 27 heavy (non-hydrogen) atoms. The summed E-state index contributed by atoms with van der Waals surface area (Å²) in [5, 5.41) is 0. The van der Waals surface area contributed by atoms with Gasteiger partial charge in [0.05, 0.1) is 0 Å². The number of hydrogen-bond acceptors (Lipinski definition) is 2. The molecule has 0 atom stereocenters. The Hall–Kier alpha value is 0.199. The van der Waals surface area contributed by atoms with E-state index in [9.17, 15) is 0 Å². The van der Waals surface area contributed by atoms with Crippen LogP contribution in [0.15, 0.2) is 24.3 Å². The van der Waals surface area contributed by atoms with E-state index in [1.165, 1.54) is 62.7 Å². The van der Waals surface area contributed by atoms with E-state index in [0.717, 1.165) is 0 Å². The molecule has 0 amide bonds. The number of hydrogen-bond donors (Lipinski definition) is 0. The van der Waals surface area contributed by atoms with Gasteiger partial charge in [-0.1, -0.05) is 0 Å². The average molecular weight is 511 g/mol. The molecule has 0 bridgehead atoms. The summed E-state index contributed by atoms with van der Waals surface area (Å²) in [7, 11) is 0. The summed E-state index contributed by atoms with van der Waals surface area (Å²) >= 11 is 1.98. The van der Waals surface area contributed by atoms with E-state index < -0.39 is 18.4 Å². The van der Waals surface area contributed by atoms with Gasteiger partial charge in [-0.2, -0.15) is 0 Å². The third-order valence-electron chi connectivity index (χ3n) is 5.84. The number of thiophene rings is 2. The molecule has 2 aromatic heterocycles. The van der Waals surface area contributed by atoms with Crippen LogP contribution < -0.4 is 2.89 Å². The van der Waals surface area contributed by atoms with Gasteiger partial charge in [-0.15, -0.1) is 0 Å². The second-order valence-electron chi connectivity index (χ2n) is 8.12. The molecule has 2 rings (SSSR count). The van der Waals surface area contributed by atoms with Crippen molar-refractivity contribution in [1.82, 2.24) is 0 Å². The molecule has 2 heterocycles. The third kappa shape index (κ3) is 6.89. The van der Waals surface area contributed by atoms with Crippen LogP contribution in [0, 0.1) is 0 Å². The summed E-state index contributed by atoms with van der Waals surface area (Å²) < 4.78 is 6.62. The first-order valence-corrected chi connectivity index (χ1v) is 20.5. The Kier molecular flexibility index (Phi) is 11.0. The predicted molar refractivity (Wildman–Crippen MR) is 131 cm³/mol. The maximum atomic E-state index is 2.57. The van der Waals surface area contributed by atoms with Crippen molar-refractivity contribution in [3.8, 4) is 9.75 Å². The van der Waals surface area contributed by atoms with Crippen molar-refractivity contribution >= 4 is 43.9 Å². The molecule has 152 valence electrons. The Labute approximate surface area is 180 Å². The summed E-state index contributed by atoms with van der Waals surface area (Å²) in [6, 6.07) is 9.79. The van der Waals surface area contributed by atoms with Crippen LogP contribution in [0.4, 0.5) is 0 Å². The Balaban J connectivity index is 2.25. The Morgan fingerprint density at radius 1 is 0.630 bits per heavy atom. The molecule has 0 saturated carbocycles. The fourth-order valence-corrected chi connectivity index (χ4v) is 25.3. The van der Waals surface area contributed by atoms with E-state index in [4.69, 9.17) is 0 Å². The maximum absolute atomic E-state index is 2.57. The zero-order chi connectivity index (χ0) is 19.5. The number of aryl methyl sites for hydroxylation is 1. The molecule has 0 aliphatic rings. The molecule has 3 heteroatoms. The minimum atomic E-state index is -2.24. The molecule has 2 aromatic rings. The quantitative estimate of drug-likeness (QED) is 0.222. The Morgan fingerprint density at radius 2 is 1.15 bits per heavy atom. The second kappa shape index (κ2) is 12.7. The van der Waals surface area contributed by atoms with Gasteiger partial charge in [-0.25, -0.2) is 0 Å². The molecule has 0 aliphatic heterocycles. The van der Waals surface area contributed by atoms with Crippen LogP contribution in [0.2, 0.25) is 13.3 Å². The molecule has 0 N–H and O–H groups in total. The molecule has 0 radical (unpaired) electrons. The van der Waals surface area contributed by atoms with Crippen LogP contribution in [-0.2, 0) is 6.42 Å². The Morgan fingerprint density at radius 3 is 1.70 bits per heavy atom. The summed E-state index contributed by atoms with van der Waals surface area (Å²) in [5.74, 6) is 0. The van der Waals surface area contributed by atoms with Gasteiger partial charge in [-0.3, -0.25) is 0 Å². The predicted octanol–water partition coefficient (Wildman–Crippen LogP) is 8.88. The fraction of sp³-hybridized carbons (Fsp3) is 0.667. The van der Waals surface area contributed by atoms with E-state index in [0.29, 0.717) is 0 Å². The zero-order valence-corrected chi connectivity index (χ0v) is 22.6. The summed E-state index contributed by atoms with van der Waals surface area (Å²) in [5.41, 5.74) is 0. The van der Waals surface area contributed by atoms with Crippen LogP contribution in [0.5, 0.6) is 0 Å². The van der Waals surface area contributed by atoms with Gasteiger partial charge in [0.15, 0.2) is 0 Å². The Bertz CT molecular complexity index is 619. The van der Waals surface area contributed by atoms with Crippen molar-refractivity contribution in [2.24, 2.45) is 0 Å². The van der Waals surface area contributed by atoms with E-state index in [1.807, 2.05) is 14.2 Å².